The van der Waals surface area contributed by atoms with Crippen LogP contribution in [0.1, 0.15) is 43.8 Å². The van der Waals surface area contributed by atoms with Crippen LogP contribution in [0.3, 0.4) is 0 Å². The van der Waals surface area contributed by atoms with E-state index in [-0.39, 0.29) is 41.2 Å². The second kappa shape index (κ2) is 7.91. The van der Waals surface area contributed by atoms with Crippen molar-refractivity contribution in [1.82, 2.24) is 14.8 Å². The van der Waals surface area contributed by atoms with Crippen LogP contribution in [0.2, 0.25) is 0 Å². The first-order valence-electron chi connectivity index (χ1n) is 10.4. The SMILES string of the molecule is CC(=O)N1C[C@H]2C[C@@H](C1)[C@H](C(=O)NCC1(CO)CCOCC1)n1c2cccc1=O. The summed E-state index contributed by atoms with van der Waals surface area (Å²) in [6.45, 7) is 4.08. The highest BCUT2D eigenvalue weighted by atomic mass is 16.5. The molecular weight excluding hydrogens is 374 g/mol. The molecule has 3 aliphatic rings. The number of aliphatic hydroxyl groups is 1. The van der Waals surface area contributed by atoms with Gasteiger partial charge in [0, 0.05) is 68.8 Å². The Morgan fingerprint density at radius 1 is 1.28 bits per heavy atom. The van der Waals surface area contributed by atoms with Crippen LogP contribution in [0, 0.1) is 11.3 Å². The van der Waals surface area contributed by atoms with Crippen LogP contribution in [0.15, 0.2) is 23.0 Å². The molecule has 2 amide bonds. The number of aliphatic hydroxyl groups excluding tert-OH is 1. The molecule has 8 heteroatoms. The van der Waals surface area contributed by atoms with Gasteiger partial charge in [-0.3, -0.25) is 19.0 Å². The average Bonchev–Trinajstić information content (AvgIpc) is 2.73. The maximum atomic E-state index is 13.3. The molecule has 4 heterocycles. The summed E-state index contributed by atoms with van der Waals surface area (Å²) in [4.78, 5) is 39.8. The lowest BCUT2D eigenvalue weighted by Gasteiger charge is -2.46. The van der Waals surface area contributed by atoms with Crippen molar-refractivity contribution in [3.63, 3.8) is 0 Å². The minimum atomic E-state index is -0.646. The predicted octanol–water partition coefficient (Wildman–Crippen LogP) is 0.260. The van der Waals surface area contributed by atoms with E-state index in [0.717, 1.165) is 12.1 Å². The average molecular weight is 403 g/mol. The zero-order chi connectivity index (χ0) is 20.6. The van der Waals surface area contributed by atoms with Crippen LogP contribution in [0.4, 0.5) is 0 Å². The van der Waals surface area contributed by atoms with E-state index < -0.39 is 6.04 Å². The Morgan fingerprint density at radius 3 is 2.72 bits per heavy atom. The number of carbonyl (C=O) groups is 2. The first-order chi connectivity index (χ1) is 13.9. The molecule has 0 aromatic carbocycles. The molecule has 2 saturated heterocycles. The Labute approximate surface area is 169 Å². The van der Waals surface area contributed by atoms with Gasteiger partial charge in [-0.1, -0.05) is 6.07 Å². The molecule has 29 heavy (non-hydrogen) atoms. The zero-order valence-electron chi connectivity index (χ0n) is 16.8. The Bertz CT molecular complexity index is 845. The van der Waals surface area contributed by atoms with E-state index in [1.165, 1.54) is 6.07 Å². The van der Waals surface area contributed by atoms with E-state index in [2.05, 4.69) is 5.32 Å². The van der Waals surface area contributed by atoms with E-state index >= 15 is 0 Å². The molecule has 0 aliphatic carbocycles. The third-order valence-electron chi connectivity index (χ3n) is 6.89. The van der Waals surface area contributed by atoms with Crippen LogP contribution >= 0.6 is 0 Å². The highest BCUT2D eigenvalue weighted by molar-refractivity contribution is 5.81. The lowest BCUT2D eigenvalue weighted by molar-refractivity contribution is -0.136. The van der Waals surface area contributed by atoms with Crippen LogP contribution in [-0.2, 0) is 14.3 Å². The molecular formula is C21H29N3O5. The highest BCUT2D eigenvalue weighted by Gasteiger charge is 2.44. The fourth-order valence-electron chi connectivity index (χ4n) is 5.10. The molecule has 0 radical (unpaired) electrons. The number of amides is 2. The van der Waals surface area contributed by atoms with Gasteiger partial charge in [0.25, 0.3) is 5.56 Å². The van der Waals surface area contributed by atoms with Crippen LogP contribution in [0.25, 0.3) is 0 Å². The molecule has 2 N–H and O–H groups in total. The third kappa shape index (κ3) is 3.71. The van der Waals surface area contributed by atoms with Crippen molar-refractivity contribution in [2.24, 2.45) is 11.3 Å². The largest absolute Gasteiger partial charge is 0.396 e. The van der Waals surface area contributed by atoms with E-state index in [4.69, 9.17) is 4.74 Å². The fraction of sp³-hybridized carbons (Fsp3) is 0.667. The van der Waals surface area contributed by atoms with Crippen molar-refractivity contribution in [2.45, 2.75) is 38.1 Å². The number of pyridine rings is 1. The number of rotatable bonds is 4. The summed E-state index contributed by atoms with van der Waals surface area (Å²) >= 11 is 0. The monoisotopic (exact) mass is 403 g/mol. The summed E-state index contributed by atoms with van der Waals surface area (Å²) in [6.07, 6.45) is 2.16. The summed E-state index contributed by atoms with van der Waals surface area (Å²) < 4.78 is 7.02. The van der Waals surface area contributed by atoms with Crippen LogP contribution in [-0.4, -0.2) is 65.8 Å². The predicted molar refractivity (Wildman–Crippen MR) is 105 cm³/mol. The van der Waals surface area contributed by atoms with Crippen LogP contribution < -0.4 is 10.9 Å². The normalized spacial score (nSPS) is 27.8. The van der Waals surface area contributed by atoms with Gasteiger partial charge >= 0.3 is 0 Å². The third-order valence-corrected chi connectivity index (χ3v) is 6.89. The Morgan fingerprint density at radius 2 is 2.03 bits per heavy atom. The van der Waals surface area contributed by atoms with Gasteiger partial charge in [0.15, 0.2) is 0 Å². The van der Waals surface area contributed by atoms with E-state index in [1.54, 1.807) is 22.5 Å². The molecule has 0 spiro atoms. The summed E-state index contributed by atoms with van der Waals surface area (Å²) in [6, 6.07) is 4.45. The molecule has 3 atom stereocenters. The van der Waals surface area contributed by atoms with Crippen molar-refractivity contribution in [3.05, 3.63) is 34.2 Å². The van der Waals surface area contributed by atoms with Crippen molar-refractivity contribution in [3.8, 4) is 0 Å². The van der Waals surface area contributed by atoms with Gasteiger partial charge in [-0.2, -0.15) is 0 Å². The van der Waals surface area contributed by atoms with Crippen molar-refractivity contribution >= 4 is 11.8 Å². The summed E-state index contributed by atoms with van der Waals surface area (Å²) in [7, 11) is 0. The minimum Gasteiger partial charge on any atom is -0.396 e. The Balaban J connectivity index is 1.61. The molecule has 2 fully saturated rings. The molecule has 8 nitrogen and oxygen atoms in total. The number of aromatic nitrogens is 1. The maximum absolute atomic E-state index is 13.3. The number of ether oxygens (including phenoxy) is 1. The van der Waals surface area contributed by atoms with Gasteiger partial charge in [0.1, 0.15) is 6.04 Å². The van der Waals surface area contributed by atoms with Gasteiger partial charge in [0.2, 0.25) is 11.8 Å². The number of hydrogen-bond donors (Lipinski definition) is 2. The molecule has 1 aromatic heterocycles. The highest BCUT2D eigenvalue weighted by Crippen LogP contribution is 2.41. The van der Waals surface area contributed by atoms with Gasteiger partial charge in [-0.25, -0.2) is 0 Å². The summed E-state index contributed by atoms with van der Waals surface area (Å²) in [5.41, 5.74) is 0.257. The molecule has 0 saturated carbocycles. The van der Waals surface area contributed by atoms with Gasteiger partial charge < -0.3 is 20.1 Å². The van der Waals surface area contributed by atoms with E-state index in [9.17, 15) is 19.5 Å². The molecule has 1 aromatic rings. The number of piperidine rings is 1. The topological polar surface area (TPSA) is 101 Å². The number of nitrogens with one attached hydrogen (secondary N) is 1. The first kappa shape index (κ1) is 20.1. The number of hydrogen-bond acceptors (Lipinski definition) is 5. The van der Waals surface area contributed by atoms with Gasteiger partial charge in [0.05, 0.1) is 6.61 Å². The summed E-state index contributed by atoms with van der Waals surface area (Å²) in [5, 5.41) is 12.9. The fourth-order valence-corrected chi connectivity index (χ4v) is 5.10. The number of likely N-dealkylation sites (tertiary alicyclic amines) is 1. The molecule has 2 bridgehead atoms. The Hall–Kier alpha value is -2.19. The number of fused-ring (bicyclic) bond motifs is 4. The molecule has 3 aliphatic heterocycles. The lowest BCUT2D eigenvalue weighted by Crippen LogP contribution is -2.55. The number of nitrogens with zero attached hydrogens (tertiary/aromatic N) is 2. The van der Waals surface area contributed by atoms with Gasteiger partial charge in [-0.05, 0) is 25.3 Å². The molecule has 158 valence electrons. The van der Waals surface area contributed by atoms with Gasteiger partial charge in [-0.15, -0.1) is 0 Å². The zero-order valence-corrected chi connectivity index (χ0v) is 16.8. The maximum Gasteiger partial charge on any atom is 0.251 e. The molecule has 0 unspecified atom stereocenters. The van der Waals surface area contributed by atoms with E-state index in [0.29, 0.717) is 45.7 Å². The first-order valence-corrected chi connectivity index (χ1v) is 10.4. The molecule has 4 rings (SSSR count). The smallest absolute Gasteiger partial charge is 0.251 e. The quantitative estimate of drug-likeness (QED) is 0.751. The lowest BCUT2D eigenvalue weighted by atomic mass is 9.77. The van der Waals surface area contributed by atoms with Crippen molar-refractivity contribution in [1.29, 1.82) is 0 Å². The number of carbonyl (C=O) groups excluding carboxylic acids is 2. The minimum absolute atomic E-state index is 0.00738. The second-order valence-electron chi connectivity index (χ2n) is 8.71. The van der Waals surface area contributed by atoms with Crippen molar-refractivity contribution < 1.29 is 19.4 Å². The Kier molecular flexibility index (Phi) is 5.48. The van der Waals surface area contributed by atoms with E-state index in [1.807, 2.05) is 6.07 Å². The summed E-state index contributed by atoms with van der Waals surface area (Å²) in [5.74, 6) is -0.264. The van der Waals surface area contributed by atoms with Crippen molar-refractivity contribution in [2.75, 3.05) is 39.5 Å². The standard InChI is InChI=1S/C21H29N3O5/c1-14(26)23-10-15-9-16(11-23)19(24-17(15)3-2-4-18(24)27)20(28)22-12-21(13-25)5-7-29-8-6-21/h2-4,15-16,19,25H,5-13H2,1H3,(H,22,28)/t15-,16+,19-/m1/s1. The second-order valence-corrected chi connectivity index (χ2v) is 8.71. The van der Waals surface area contributed by atoms with Crippen LogP contribution in [0.5, 0.6) is 0 Å².